The molecule has 1 saturated heterocycles. The van der Waals surface area contributed by atoms with Crippen molar-refractivity contribution < 1.29 is 19.3 Å². The number of rotatable bonds is 2. The van der Waals surface area contributed by atoms with Crippen LogP contribution >= 0.6 is 15.9 Å². The fraction of sp³-hybridized carbons (Fsp3) is 0.750. The van der Waals surface area contributed by atoms with E-state index in [0.717, 1.165) is 0 Å². The third kappa shape index (κ3) is 1.19. The Labute approximate surface area is 84.6 Å². The van der Waals surface area contributed by atoms with Crippen LogP contribution in [0.5, 0.6) is 0 Å². The highest BCUT2D eigenvalue weighted by atomic mass is 79.9. The average Bonchev–Trinajstić information content (AvgIpc) is 2.87. The molecule has 0 bridgehead atoms. The molecule has 1 aliphatic carbocycles. The van der Waals surface area contributed by atoms with Crippen LogP contribution in [0.3, 0.4) is 0 Å². The predicted molar refractivity (Wildman–Crippen MR) is 48.4 cm³/mol. The molecule has 74 valence electrons. The zero-order chi connectivity index (χ0) is 9.64. The van der Waals surface area contributed by atoms with E-state index >= 15 is 0 Å². The number of aliphatic hydroxyl groups is 1. The van der Waals surface area contributed by atoms with E-state index < -0.39 is 11.9 Å². The van der Waals surface area contributed by atoms with Crippen LogP contribution < -0.4 is 0 Å². The van der Waals surface area contributed by atoms with Gasteiger partial charge in [-0.3, -0.25) is 0 Å². The maximum Gasteiger partial charge on any atom is 0.230 e. The van der Waals surface area contributed by atoms with E-state index in [-0.39, 0.29) is 12.2 Å². The molecule has 13 heavy (non-hydrogen) atoms. The molecule has 1 fully saturated rings. The summed E-state index contributed by atoms with van der Waals surface area (Å²) in [5.41, 5.74) is 0. The lowest BCUT2D eigenvalue weighted by Gasteiger charge is -2.32. The summed E-state index contributed by atoms with van der Waals surface area (Å²) < 4.78 is 16.5. The summed E-state index contributed by atoms with van der Waals surface area (Å²) in [5, 5.41) is 9.47. The van der Waals surface area contributed by atoms with Crippen molar-refractivity contribution in [2.45, 2.75) is 24.1 Å². The fourth-order valence-corrected chi connectivity index (χ4v) is 2.52. The molecule has 1 aliphatic heterocycles. The summed E-state index contributed by atoms with van der Waals surface area (Å²) in [6.07, 6.45) is 0.664. The van der Waals surface area contributed by atoms with Gasteiger partial charge in [-0.25, -0.2) is 0 Å². The van der Waals surface area contributed by atoms with E-state index in [9.17, 15) is 5.11 Å². The number of hydrogen-bond acceptors (Lipinski definition) is 4. The van der Waals surface area contributed by atoms with Crippen LogP contribution in [0.2, 0.25) is 0 Å². The van der Waals surface area contributed by atoms with Crippen molar-refractivity contribution in [1.82, 2.24) is 0 Å². The van der Waals surface area contributed by atoms with E-state index in [1.165, 1.54) is 0 Å². The number of ether oxygens (including phenoxy) is 3. The molecule has 3 atom stereocenters. The second-order valence-electron chi connectivity index (χ2n) is 3.10. The molecular weight excluding hydrogens is 240 g/mol. The van der Waals surface area contributed by atoms with Gasteiger partial charge in [-0.1, -0.05) is 0 Å². The van der Waals surface area contributed by atoms with Crippen LogP contribution in [0.15, 0.2) is 10.6 Å². The van der Waals surface area contributed by atoms with Gasteiger partial charge in [0.2, 0.25) is 5.79 Å². The molecule has 0 spiro atoms. The first-order valence-corrected chi connectivity index (χ1v) is 4.76. The van der Waals surface area contributed by atoms with E-state index in [1.807, 2.05) is 0 Å². The Balaban J connectivity index is 2.33. The standard InChI is InChI=1S/C8H11BrO4/c1-11-8(12-2)5(9)3-4(10)6-7(8)13-6/h3-4,6-7,10H,1-2H3/t4-,6+,7+/m0/s1. The molecule has 1 N–H and O–H groups in total. The quantitative estimate of drug-likeness (QED) is 0.570. The van der Waals surface area contributed by atoms with Gasteiger partial charge in [-0.15, -0.1) is 0 Å². The summed E-state index contributed by atoms with van der Waals surface area (Å²) in [6.45, 7) is 0. The lowest BCUT2D eigenvalue weighted by molar-refractivity contribution is -0.186. The van der Waals surface area contributed by atoms with E-state index in [0.29, 0.717) is 4.48 Å². The van der Waals surface area contributed by atoms with Crippen molar-refractivity contribution in [2.24, 2.45) is 0 Å². The number of hydrogen-bond donors (Lipinski definition) is 1. The summed E-state index contributed by atoms with van der Waals surface area (Å²) in [7, 11) is 3.10. The van der Waals surface area contributed by atoms with Gasteiger partial charge in [-0.05, 0) is 22.0 Å². The molecule has 0 radical (unpaired) electrons. The minimum absolute atomic E-state index is 0.193. The Kier molecular flexibility index (Phi) is 2.24. The fourth-order valence-electron chi connectivity index (χ4n) is 1.70. The predicted octanol–water partition coefficient (Wildman–Crippen LogP) is 0.396. The van der Waals surface area contributed by atoms with Crippen LogP contribution in [-0.2, 0) is 14.2 Å². The van der Waals surface area contributed by atoms with Crippen LogP contribution in [0.1, 0.15) is 0 Å². The van der Waals surface area contributed by atoms with Crippen molar-refractivity contribution in [2.75, 3.05) is 14.2 Å². The number of fused-ring (bicyclic) bond motifs is 1. The van der Waals surface area contributed by atoms with Gasteiger partial charge in [0.05, 0.1) is 4.48 Å². The first kappa shape index (κ1) is 9.61. The Hall–Kier alpha value is 0.0600. The van der Waals surface area contributed by atoms with Gasteiger partial charge in [0.15, 0.2) is 0 Å². The molecule has 2 rings (SSSR count). The number of halogens is 1. The smallest absolute Gasteiger partial charge is 0.230 e. The number of methoxy groups -OCH3 is 2. The van der Waals surface area contributed by atoms with Crippen molar-refractivity contribution in [3.63, 3.8) is 0 Å². The molecule has 5 heteroatoms. The molecular formula is C8H11BrO4. The highest BCUT2D eigenvalue weighted by Gasteiger charge is 2.63. The van der Waals surface area contributed by atoms with Crippen LogP contribution in [0.4, 0.5) is 0 Å². The number of epoxide rings is 1. The molecule has 0 unspecified atom stereocenters. The zero-order valence-corrected chi connectivity index (χ0v) is 8.95. The van der Waals surface area contributed by atoms with Crippen LogP contribution in [0.25, 0.3) is 0 Å². The molecule has 0 amide bonds. The molecule has 0 aromatic rings. The van der Waals surface area contributed by atoms with Gasteiger partial charge in [0, 0.05) is 14.2 Å². The Morgan fingerprint density at radius 3 is 2.69 bits per heavy atom. The van der Waals surface area contributed by atoms with Crippen molar-refractivity contribution >= 4 is 15.9 Å². The molecule has 1 heterocycles. The lowest BCUT2D eigenvalue weighted by Crippen LogP contribution is -2.45. The minimum atomic E-state index is -0.871. The first-order chi connectivity index (χ1) is 6.15. The summed E-state index contributed by atoms with van der Waals surface area (Å²) in [4.78, 5) is 0. The van der Waals surface area contributed by atoms with Gasteiger partial charge in [-0.2, -0.15) is 0 Å². The summed E-state index contributed by atoms with van der Waals surface area (Å²) in [5.74, 6) is -0.871. The minimum Gasteiger partial charge on any atom is -0.386 e. The maximum absolute atomic E-state index is 9.47. The molecule has 2 aliphatic rings. The normalized spacial score (nSPS) is 40.9. The van der Waals surface area contributed by atoms with Gasteiger partial charge < -0.3 is 19.3 Å². The lowest BCUT2D eigenvalue weighted by atomic mass is 9.99. The average molecular weight is 251 g/mol. The second-order valence-corrected chi connectivity index (χ2v) is 3.96. The Morgan fingerprint density at radius 2 is 2.15 bits per heavy atom. The van der Waals surface area contributed by atoms with Gasteiger partial charge in [0.1, 0.15) is 18.3 Å². The third-order valence-electron chi connectivity index (χ3n) is 2.49. The summed E-state index contributed by atoms with van der Waals surface area (Å²) in [6, 6.07) is 0. The maximum atomic E-state index is 9.47. The first-order valence-electron chi connectivity index (χ1n) is 3.97. The highest BCUT2D eigenvalue weighted by molar-refractivity contribution is 9.11. The zero-order valence-electron chi connectivity index (χ0n) is 7.36. The monoisotopic (exact) mass is 250 g/mol. The Bertz CT molecular complexity index is 249. The van der Waals surface area contributed by atoms with Crippen molar-refractivity contribution in [3.05, 3.63) is 10.6 Å². The molecule has 0 saturated carbocycles. The molecule has 0 aromatic carbocycles. The topological polar surface area (TPSA) is 51.2 Å². The largest absolute Gasteiger partial charge is 0.386 e. The third-order valence-corrected chi connectivity index (χ3v) is 3.31. The van der Waals surface area contributed by atoms with Crippen molar-refractivity contribution in [3.8, 4) is 0 Å². The second kappa shape index (κ2) is 3.03. The molecule has 4 nitrogen and oxygen atoms in total. The van der Waals surface area contributed by atoms with Crippen LogP contribution in [-0.4, -0.2) is 43.4 Å². The molecule has 0 aromatic heterocycles. The van der Waals surface area contributed by atoms with Crippen molar-refractivity contribution in [1.29, 1.82) is 0 Å². The summed E-state index contributed by atoms with van der Waals surface area (Å²) >= 11 is 3.31. The highest BCUT2D eigenvalue weighted by Crippen LogP contribution is 2.47. The Morgan fingerprint density at radius 1 is 1.54 bits per heavy atom. The van der Waals surface area contributed by atoms with Gasteiger partial charge in [0.25, 0.3) is 0 Å². The SMILES string of the molecule is COC1(OC)C(Br)=C[C@H](O)[C@H]2O[C@H]21. The van der Waals surface area contributed by atoms with Crippen LogP contribution in [0, 0.1) is 0 Å². The van der Waals surface area contributed by atoms with Gasteiger partial charge >= 0.3 is 0 Å². The van der Waals surface area contributed by atoms with E-state index in [2.05, 4.69) is 15.9 Å². The number of aliphatic hydroxyl groups excluding tert-OH is 1. The van der Waals surface area contributed by atoms with E-state index in [4.69, 9.17) is 14.2 Å². The van der Waals surface area contributed by atoms with E-state index in [1.54, 1.807) is 20.3 Å².